The number of carbonyl (C=O) groups excluding carboxylic acids is 2. The number of carbonyl (C=O) groups is 2. The van der Waals surface area contributed by atoms with Crippen LogP contribution in [0.15, 0.2) is 85.1 Å². The minimum absolute atomic E-state index is 0.0870. The van der Waals surface area contributed by atoms with Crippen molar-refractivity contribution in [3.8, 4) is 0 Å². The Morgan fingerprint density at radius 1 is 0.621 bits per heavy atom. The Labute approximate surface area is 349 Å². The highest BCUT2D eigenvalue weighted by Gasteiger charge is 2.36. The lowest BCUT2D eigenvalue weighted by molar-refractivity contribution is -0.161. The number of phosphoric ester groups is 1. The molecule has 0 radical (unpaired) electrons. The quantitative estimate of drug-likeness (QED) is 0.0178. The number of aliphatic hydroxyl groups is 2. The molecule has 0 spiro atoms. The summed E-state index contributed by atoms with van der Waals surface area (Å²) in [6.07, 6.45) is 45.7. The second-order valence-electron chi connectivity index (χ2n) is 14.4. The fraction of sp³-hybridized carbons (Fsp3) is 0.652. The van der Waals surface area contributed by atoms with Gasteiger partial charge in [0.25, 0.3) is 0 Å². The van der Waals surface area contributed by atoms with E-state index in [0.29, 0.717) is 25.7 Å². The Hall–Kier alpha value is -2.89. The Morgan fingerprint density at radius 3 is 1.64 bits per heavy atom. The van der Waals surface area contributed by atoms with E-state index in [-0.39, 0.29) is 31.7 Å². The zero-order valence-corrected chi connectivity index (χ0v) is 36.3. The molecule has 0 bridgehead atoms. The van der Waals surface area contributed by atoms with Gasteiger partial charge in [0, 0.05) is 12.8 Å². The van der Waals surface area contributed by atoms with Crippen molar-refractivity contribution < 1.29 is 52.5 Å². The summed E-state index contributed by atoms with van der Waals surface area (Å²) >= 11 is 0. The average Bonchev–Trinajstić information content (AvgIpc) is 3.97. The molecule has 0 amide bonds. The van der Waals surface area contributed by atoms with Gasteiger partial charge in [-0.1, -0.05) is 125 Å². The van der Waals surface area contributed by atoms with Crippen LogP contribution in [-0.4, -0.2) is 77.9 Å². The van der Waals surface area contributed by atoms with E-state index < -0.39 is 51.8 Å². The standard InChI is InChI=1S/C46H75O11P/c1-3-5-7-9-11-13-15-17-18-19-20-21-23-25-27-29-31-35-46(50)56-42(40-55-58(51,52)54-38-41(48)37-47)39-53-45(49)36-32-34-44-43(57-44)33-30-28-26-24-22-16-14-12-10-8-6-4-2/h11-14,17-18,20-22,24-25,27-28,30,41-44,47-48H,3-10,15-16,19,23,26,29,31-40H2,1-2H3,(H,51,52)/b13-11-,14-12-,18-17-,21-20-,24-22-,27-25-,30-28-/t41-,42+,43?,44?/m0/s1. The third kappa shape index (κ3) is 34.0. The van der Waals surface area contributed by atoms with Crippen molar-refractivity contribution >= 4 is 19.8 Å². The van der Waals surface area contributed by atoms with Crippen molar-refractivity contribution in [2.24, 2.45) is 0 Å². The first-order valence-electron chi connectivity index (χ1n) is 21.7. The Balaban J connectivity index is 2.36. The smallest absolute Gasteiger partial charge is 0.462 e. The lowest BCUT2D eigenvalue weighted by atomic mass is 10.1. The molecule has 330 valence electrons. The SMILES string of the molecule is CCCCC/C=C\C/C=C\C/C=C\C/C=C\CCCC(=O)O[C@H](COC(=O)CCCC1OC1C/C=C\C/C=C\C/C=C\CCCCC)COP(=O)(O)OC[C@@H](O)CO. The number of ether oxygens (including phenoxy) is 3. The van der Waals surface area contributed by atoms with E-state index in [0.717, 1.165) is 51.4 Å². The van der Waals surface area contributed by atoms with Gasteiger partial charge in [-0.15, -0.1) is 0 Å². The first kappa shape index (κ1) is 53.1. The molecule has 11 nitrogen and oxygen atoms in total. The van der Waals surface area contributed by atoms with Crippen LogP contribution < -0.4 is 0 Å². The Bertz CT molecular complexity index is 1300. The van der Waals surface area contributed by atoms with Crippen molar-refractivity contribution in [2.75, 3.05) is 26.4 Å². The largest absolute Gasteiger partial charge is 0.472 e. The highest BCUT2D eigenvalue weighted by atomic mass is 31.2. The highest BCUT2D eigenvalue weighted by Crippen LogP contribution is 2.43. The van der Waals surface area contributed by atoms with E-state index in [1.165, 1.54) is 38.5 Å². The molecule has 0 aromatic heterocycles. The summed E-state index contributed by atoms with van der Waals surface area (Å²) in [5, 5.41) is 18.3. The molecule has 1 rings (SSSR count). The highest BCUT2D eigenvalue weighted by molar-refractivity contribution is 7.47. The predicted octanol–water partition coefficient (Wildman–Crippen LogP) is 10.4. The van der Waals surface area contributed by atoms with E-state index in [1.807, 2.05) is 12.2 Å². The predicted molar refractivity (Wildman–Crippen MR) is 232 cm³/mol. The minimum Gasteiger partial charge on any atom is -0.462 e. The molecule has 12 heteroatoms. The summed E-state index contributed by atoms with van der Waals surface area (Å²) in [4.78, 5) is 35.1. The lowest BCUT2D eigenvalue weighted by Gasteiger charge is -2.20. The van der Waals surface area contributed by atoms with Gasteiger partial charge < -0.3 is 29.3 Å². The van der Waals surface area contributed by atoms with Crippen LogP contribution in [0, 0.1) is 0 Å². The van der Waals surface area contributed by atoms with E-state index in [4.69, 9.17) is 23.8 Å². The van der Waals surface area contributed by atoms with Crippen LogP contribution in [0.25, 0.3) is 0 Å². The molecule has 0 aromatic rings. The van der Waals surface area contributed by atoms with Crippen LogP contribution in [0.5, 0.6) is 0 Å². The van der Waals surface area contributed by atoms with Crippen molar-refractivity contribution in [1.29, 1.82) is 0 Å². The van der Waals surface area contributed by atoms with Crippen LogP contribution in [0.2, 0.25) is 0 Å². The van der Waals surface area contributed by atoms with Gasteiger partial charge in [-0.2, -0.15) is 0 Å². The number of rotatable bonds is 38. The van der Waals surface area contributed by atoms with Crippen molar-refractivity contribution in [2.45, 2.75) is 167 Å². The Morgan fingerprint density at radius 2 is 1.10 bits per heavy atom. The molecule has 5 atom stereocenters. The minimum atomic E-state index is -4.66. The summed E-state index contributed by atoms with van der Waals surface area (Å²) in [7, 11) is -4.66. The van der Waals surface area contributed by atoms with E-state index >= 15 is 0 Å². The number of unbranched alkanes of at least 4 members (excludes halogenated alkanes) is 7. The summed E-state index contributed by atoms with van der Waals surface area (Å²) in [6.45, 7) is 2.15. The molecule has 0 saturated carbocycles. The Kier molecular flexibility index (Phi) is 34.0. The summed E-state index contributed by atoms with van der Waals surface area (Å²) in [5.41, 5.74) is 0. The fourth-order valence-electron chi connectivity index (χ4n) is 5.48. The van der Waals surface area contributed by atoms with Gasteiger partial charge in [0.1, 0.15) is 12.7 Å². The van der Waals surface area contributed by atoms with Gasteiger partial charge >= 0.3 is 19.8 Å². The van der Waals surface area contributed by atoms with Gasteiger partial charge in [-0.25, -0.2) is 4.57 Å². The van der Waals surface area contributed by atoms with Gasteiger partial charge in [-0.05, 0) is 89.9 Å². The molecule has 58 heavy (non-hydrogen) atoms. The molecule has 1 fully saturated rings. The molecular formula is C46H75O11P. The van der Waals surface area contributed by atoms with Crippen molar-refractivity contribution in [3.63, 3.8) is 0 Å². The second kappa shape index (κ2) is 37.1. The summed E-state index contributed by atoms with van der Waals surface area (Å²) < 4.78 is 38.4. The first-order valence-corrected chi connectivity index (χ1v) is 23.2. The topological polar surface area (TPSA) is 161 Å². The number of hydrogen-bond donors (Lipinski definition) is 3. The third-order valence-corrected chi connectivity index (χ3v) is 9.90. The van der Waals surface area contributed by atoms with Gasteiger partial charge in [0.05, 0.1) is 32.0 Å². The van der Waals surface area contributed by atoms with Gasteiger partial charge in [0.15, 0.2) is 6.10 Å². The normalized spacial score (nSPS) is 18.2. The summed E-state index contributed by atoms with van der Waals surface area (Å²) in [5.74, 6) is -1.08. The molecule has 1 aliphatic heterocycles. The number of epoxide rings is 1. The van der Waals surface area contributed by atoms with Crippen LogP contribution >= 0.6 is 7.82 Å². The summed E-state index contributed by atoms with van der Waals surface area (Å²) in [6, 6.07) is 0. The van der Waals surface area contributed by atoms with Crippen LogP contribution in [0.3, 0.4) is 0 Å². The molecular weight excluding hydrogens is 759 g/mol. The molecule has 3 unspecified atom stereocenters. The van der Waals surface area contributed by atoms with Crippen molar-refractivity contribution in [1.82, 2.24) is 0 Å². The molecule has 1 heterocycles. The maximum absolute atomic E-state index is 12.6. The number of phosphoric acid groups is 1. The van der Waals surface area contributed by atoms with Gasteiger partial charge in [0.2, 0.25) is 0 Å². The molecule has 1 saturated heterocycles. The second-order valence-corrected chi connectivity index (χ2v) is 15.8. The van der Waals surface area contributed by atoms with Crippen LogP contribution in [0.4, 0.5) is 0 Å². The van der Waals surface area contributed by atoms with Crippen LogP contribution in [-0.2, 0) is 37.4 Å². The van der Waals surface area contributed by atoms with E-state index in [1.54, 1.807) is 0 Å². The number of hydrogen-bond acceptors (Lipinski definition) is 10. The molecule has 3 N–H and O–H groups in total. The molecule has 0 aliphatic carbocycles. The van der Waals surface area contributed by atoms with E-state index in [9.17, 15) is 24.2 Å². The monoisotopic (exact) mass is 835 g/mol. The lowest BCUT2D eigenvalue weighted by Crippen LogP contribution is -2.29. The molecule has 0 aromatic carbocycles. The number of esters is 2. The van der Waals surface area contributed by atoms with Crippen LogP contribution in [0.1, 0.15) is 142 Å². The number of aliphatic hydroxyl groups excluding tert-OH is 2. The van der Waals surface area contributed by atoms with Crippen molar-refractivity contribution in [3.05, 3.63) is 85.1 Å². The first-order chi connectivity index (χ1) is 28.2. The maximum atomic E-state index is 12.6. The fourth-order valence-corrected chi connectivity index (χ4v) is 6.27. The zero-order valence-electron chi connectivity index (χ0n) is 35.4. The number of allylic oxidation sites excluding steroid dienone is 13. The zero-order chi connectivity index (χ0) is 42.4. The van der Waals surface area contributed by atoms with E-state index in [2.05, 4.69) is 91.3 Å². The maximum Gasteiger partial charge on any atom is 0.472 e. The third-order valence-electron chi connectivity index (χ3n) is 8.95. The average molecular weight is 835 g/mol. The molecule has 1 aliphatic rings. The van der Waals surface area contributed by atoms with Gasteiger partial charge in [-0.3, -0.25) is 18.6 Å².